The Bertz CT molecular complexity index is 700. The topological polar surface area (TPSA) is 66.8 Å². The number of aliphatic carboxylic acids is 1. The van der Waals surface area contributed by atoms with Crippen LogP contribution in [0.15, 0.2) is 24.3 Å². The lowest BCUT2D eigenvalue weighted by molar-refractivity contribution is -0.161. The highest BCUT2D eigenvalue weighted by Crippen LogP contribution is 2.60. The van der Waals surface area contributed by atoms with Gasteiger partial charge in [0.05, 0.1) is 12.0 Å². The monoisotopic (exact) mass is 371 g/mol. The van der Waals surface area contributed by atoms with E-state index in [1.54, 1.807) is 18.2 Å². The molecule has 142 valence electrons. The average molecular weight is 371 g/mol. The molecule has 1 N–H and O–H groups in total. The number of halogens is 3. The van der Waals surface area contributed by atoms with E-state index in [0.717, 1.165) is 0 Å². The van der Waals surface area contributed by atoms with Crippen molar-refractivity contribution >= 4 is 11.9 Å². The van der Waals surface area contributed by atoms with Crippen molar-refractivity contribution in [2.75, 3.05) is 19.7 Å². The van der Waals surface area contributed by atoms with Crippen LogP contribution >= 0.6 is 0 Å². The van der Waals surface area contributed by atoms with Gasteiger partial charge in [0.25, 0.3) is 0 Å². The van der Waals surface area contributed by atoms with Crippen LogP contribution in [0.4, 0.5) is 13.2 Å². The van der Waals surface area contributed by atoms with Gasteiger partial charge in [0.1, 0.15) is 12.2 Å². The van der Waals surface area contributed by atoms with Gasteiger partial charge in [-0.3, -0.25) is 9.59 Å². The Balaban J connectivity index is 1.62. The van der Waals surface area contributed by atoms with Gasteiger partial charge < -0.3 is 14.7 Å². The van der Waals surface area contributed by atoms with Crippen LogP contribution < -0.4 is 4.74 Å². The molecule has 1 atom stereocenters. The zero-order valence-electron chi connectivity index (χ0n) is 14.1. The molecule has 0 spiro atoms. The number of benzene rings is 1. The van der Waals surface area contributed by atoms with Gasteiger partial charge in [-0.25, -0.2) is 0 Å². The van der Waals surface area contributed by atoms with Crippen LogP contribution in [-0.4, -0.2) is 47.8 Å². The molecule has 1 amide bonds. The van der Waals surface area contributed by atoms with Crippen LogP contribution in [0, 0.1) is 5.92 Å². The molecule has 1 saturated heterocycles. The fourth-order valence-corrected chi connectivity index (χ4v) is 3.46. The molecular weight excluding hydrogens is 351 g/mol. The maximum Gasteiger partial charge on any atom is 0.398 e. The smallest absolute Gasteiger partial charge is 0.398 e. The summed E-state index contributed by atoms with van der Waals surface area (Å²) < 4.78 is 45.9. The van der Waals surface area contributed by atoms with E-state index in [9.17, 15) is 22.8 Å². The van der Waals surface area contributed by atoms with Crippen LogP contribution in [0.5, 0.6) is 5.75 Å². The molecule has 1 heterocycles. The number of rotatable bonds is 6. The molecule has 1 aromatic rings. The molecule has 1 aromatic carbocycles. The van der Waals surface area contributed by atoms with Gasteiger partial charge in [0.2, 0.25) is 5.91 Å². The number of nitrogens with zero attached hydrogens (tertiary/aromatic N) is 1. The summed E-state index contributed by atoms with van der Waals surface area (Å²) in [6.45, 7) is 0.995. The van der Waals surface area contributed by atoms with Gasteiger partial charge in [-0.15, -0.1) is 0 Å². The number of hydrogen-bond donors (Lipinski definition) is 1. The molecule has 0 aromatic heterocycles. The lowest BCUT2D eigenvalue weighted by Crippen LogP contribution is -2.31. The van der Waals surface area contributed by atoms with Gasteiger partial charge in [0, 0.05) is 24.6 Å². The van der Waals surface area contributed by atoms with Crippen molar-refractivity contribution in [1.82, 2.24) is 4.90 Å². The first-order chi connectivity index (χ1) is 12.2. The van der Waals surface area contributed by atoms with Gasteiger partial charge >= 0.3 is 12.1 Å². The molecule has 5 nitrogen and oxygen atoms in total. The van der Waals surface area contributed by atoms with E-state index in [2.05, 4.69) is 0 Å². The number of likely N-dealkylation sites (tertiary alicyclic amines) is 1. The standard InChI is InChI=1S/C18H20F3NO4/c19-18(20,21)17(6-7-17)13-3-1-2-4-14(13)26-11-12-5-8-22(10-12)15(23)9-16(24)25/h1-4,12H,5-11H2,(H,24,25)/t12-/m0/s1. The molecule has 0 bridgehead atoms. The first kappa shape index (κ1) is 18.5. The summed E-state index contributed by atoms with van der Waals surface area (Å²) in [6.07, 6.45) is -4.09. The third-order valence-electron chi connectivity index (χ3n) is 5.11. The number of carbonyl (C=O) groups excluding carboxylic acids is 1. The summed E-state index contributed by atoms with van der Waals surface area (Å²) in [5.74, 6) is -1.42. The molecule has 26 heavy (non-hydrogen) atoms. The van der Waals surface area contributed by atoms with Gasteiger partial charge in [-0.2, -0.15) is 13.2 Å². The number of carboxylic acid groups (broad SMARTS) is 1. The number of carbonyl (C=O) groups is 2. The SMILES string of the molecule is O=C(O)CC(=O)N1CC[C@H](COc2ccccc2C2(C(F)(F)F)CC2)C1. The summed E-state index contributed by atoms with van der Waals surface area (Å²) in [6, 6.07) is 6.23. The summed E-state index contributed by atoms with van der Waals surface area (Å²) in [5.41, 5.74) is -1.63. The summed E-state index contributed by atoms with van der Waals surface area (Å²) in [4.78, 5) is 23.8. The van der Waals surface area contributed by atoms with Gasteiger partial charge in [0.15, 0.2) is 0 Å². The lowest BCUT2D eigenvalue weighted by Gasteiger charge is -2.23. The Hall–Kier alpha value is -2.25. The predicted octanol–water partition coefficient (Wildman–Crippen LogP) is 2.98. The maximum atomic E-state index is 13.4. The first-order valence-corrected chi connectivity index (χ1v) is 8.51. The summed E-state index contributed by atoms with van der Waals surface area (Å²) >= 11 is 0. The van der Waals surface area contributed by atoms with E-state index in [1.165, 1.54) is 11.0 Å². The Kier molecular flexibility index (Phi) is 4.86. The molecule has 0 unspecified atom stereocenters. The van der Waals surface area contributed by atoms with Gasteiger partial charge in [-0.1, -0.05) is 18.2 Å². The summed E-state index contributed by atoms with van der Waals surface area (Å²) in [7, 11) is 0. The zero-order chi connectivity index (χ0) is 18.9. The molecule has 1 aliphatic carbocycles. The summed E-state index contributed by atoms with van der Waals surface area (Å²) in [5, 5.41) is 8.68. The quantitative estimate of drug-likeness (QED) is 0.781. The molecule has 2 aliphatic rings. The third kappa shape index (κ3) is 3.64. The van der Waals surface area contributed by atoms with Crippen molar-refractivity contribution in [2.45, 2.75) is 37.3 Å². The van der Waals surface area contributed by atoms with Crippen LogP contribution in [0.25, 0.3) is 0 Å². The molecule has 1 saturated carbocycles. The van der Waals surface area contributed by atoms with Crippen LogP contribution in [0.2, 0.25) is 0 Å². The Morgan fingerprint density at radius 2 is 1.96 bits per heavy atom. The van der Waals surface area contributed by atoms with Crippen molar-refractivity contribution < 1.29 is 32.6 Å². The van der Waals surface area contributed by atoms with Gasteiger partial charge in [-0.05, 0) is 25.3 Å². The minimum Gasteiger partial charge on any atom is -0.493 e. The molecule has 0 radical (unpaired) electrons. The Labute approximate surface area is 148 Å². The molecule has 2 fully saturated rings. The number of alkyl halides is 3. The van der Waals surface area contributed by atoms with Crippen molar-refractivity contribution in [3.63, 3.8) is 0 Å². The predicted molar refractivity (Wildman–Crippen MR) is 85.8 cm³/mol. The molecule has 1 aliphatic heterocycles. The first-order valence-electron chi connectivity index (χ1n) is 8.51. The van der Waals surface area contributed by atoms with E-state index in [1.807, 2.05) is 0 Å². The minimum absolute atomic E-state index is 0.0261. The number of hydrogen-bond acceptors (Lipinski definition) is 3. The Morgan fingerprint density at radius 1 is 1.27 bits per heavy atom. The van der Waals surface area contributed by atoms with Crippen LogP contribution in [-0.2, 0) is 15.0 Å². The number of amides is 1. The van der Waals surface area contributed by atoms with Crippen molar-refractivity contribution in [2.24, 2.45) is 5.92 Å². The molecule has 3 rings (SSSR count). The fourth-order valence-electron chi connectivity index (χ4n) is 3.46. The largest absolute Gasteiger partial charge is 0.493 e. The van der Waals surface area contributed by atoms with Crippen molar-refractivity contribution in [3.8, 4) is 5.75 Å². The fraction of sp³-hybridized carbons (Fsp3) is 0.556. The third-order valence-corrected chi connectivity index (χ3v) is 5.11. The second-order valence-electron chi connectivity index (χ2n) is 6.95. The van der Waals surface area contributed by atoms with Crippen molar-refractivity contribution in [3.05, 3.63) is 29.8 Å². The van der Waals surface area contributed by atoms with Crippen LogP contribution in [0.1, 0.15) is 31.2 Å². The second-order valence-corrected chi connectivity index (χ2v) is 6.95. The van der Waals surface area contributed by atoms with Crippen LogP contribution in [0.3, 0.4) is 0 Å². The lowest BCUT2D eigenvalue weighted by atomic mass is 9.94. The molecule has 8 heteroatoms. The van der Waals surface area contributed by atoms with E-state index >= 15 is 0 Å². The highest BCUT2D eigenvalue weighted by molar-refractivity contribution is 5.93. The van der Waals surface area contributed by atoms with E-state index in [0.29, 0.717) is 19.5 Å². The maximum absolute atomic E-state index is 13.4. The average Bonchev–Trinajstić information content (AvgIpc) is 3.25. The second kappa shape index (κ2) is 6.81. The van der Waals surface area contributed by atoms with E-state index in [-0.39, 0.29) is 36.7 Å². The minimum atomic E-state index is -4.31. The van der Waals surface area contributed by atoms with Crippen molar-refractivity contribution in [1.29, 1.82) is 0 Å². The zero-order valence-corrected chi connectivity index (χ0v) is 14.1. The number of ether oxygens (including phenoxy) is 1. The van der Waals surface area contributed by atoms with E-state index in [4.69, 9.17) is 9.84 Å². The highest BCUT2D eigenvalue weighted by atomic mass is 19.4. The van der Waals surface area contributed by atoms with E-state index < -0.39 is 29.9 Å². The Morgan fingerprint density at radius 3 is 2.58 bits per heavy atom. The molecular formula is C18H20F3NO4. The highest BCUT2D eigenvalue weighted by Gasteiger charge is 2.65. The number of carboxylic acids is 1. The number of para-hydroxylation sites is 1. The normalized spacial score (nSPS) is 21.5.